The molecule has 1 N–H and O–H groups in total. The Morgan fingerprint density at radius 1 is 1.12 bits per heavy atom. The number of aryl methyl sites for hydroxylation is 1. The number of benzene rings is 2. The zero-order valence-electron chi connectivity index (χ0n) is 18.8. The maximum absolute atomic E-state index is 13.1. The normalized spacial score (nSPS) is 12.2. The number of anilines is 1. The molecular formula is C23H30BrN3O4S. The van der Waals surface area contributed by atoms with E-state index < -0.39 is 16.1 Å². The van der Waals surface area contributed by atoms with Crippen LogP contribution >= 0.6 is 15.9 Å². The van der Waals surface area contributed by atoms with E-state index in [9.17, 15) is 18.0 Å². The number of hydrogen-bond acceptors (Lipinski definition) is 4. The first-order chi connectivity index (χ1) is 15.0. The molecule has 0 saturated carbocycles. The minimum absolute atomic E-state index is 0.121. The maximum Gasteiger partial charge on any atom is 0.242 e. The minimum Gasteiger partial charge on any atom is -0.357 e. The van der Waals surface area contributed by atoms with Gasteiger partial charge in [0, 0.05) is 31.0 Å². The molecule has 2 aromatic rings. The highest BCUT2D eigenvalue weighted by Crippen LogP contribution is 2.20. The van der Waals surface area contributed by atoms with Crippen LogP contribution in [-0.4, -0.2) is 51.0 Å². The van der Waals surface area contributed by atoms with Crippen molar-refractivity contribution in [2.75, 3.05) is 24.2 Å². The Bertz CT molecular complexity index is 1040. The van der Waals surface area contributed by atoms with Crippen LogP contribution in [0, 0.1) is 6.92 Å². The SMILES string of the molecule is CNC(=O)[C@@H](C)N(Cc1ccc(Br)cc1)C(=O)CCCN(c1cccc(C)c1)S(C)(=O)=O. The number of amides is 2. The molecule has 0 saturated heterocycles. The van der Waals surface area contributed by atoms with Crippen molar-refractivity contribution < 1.29 is 18.0 Å². The first-order valence-corrected chi connectivity index (χ1v) is 13.0. The summed E-state index contributed by atoms with van der Waals surface area (Å²) in [6, 6.07) is 14.1. The molecule has 32 heavy (non-hydrogen) atoms. The standard InChI is InChI=1S/C23H30BrN3O4S/c1-17-7-5-8-21(15-17)27(32(4,30)31)14-6-9-22(28)26(18(2)23(29)25-3)16-19-10-12-20(24)13-11-19/h5,7-8,10-13,15,18H,6,9,14,16H2,1-4H3,(H,25,29)/t18-/m1/s1. The highest BCUT2D eigenvalue weighted by Gasteiger charge is 2.26. The van der Waals surface area contributed by atoms with Crippen LogP contribution in [0.4, 0.5) is 5.69 Å². The molecule has 0 aliphatic heterocycles. The van der Waals surface area contributed by atoms with E-state index in [4.69, 9.17) is 0 Å². The molecule has 0 aromatic heterocycles. The van der Waals surface area contributed by atoms with Crippen molar-refractivity contribution in [1.29, 1.82) is 0 Å². The van der Waals surface area contributed by atoms with Crippen LogP contribution in [0.5, 0.6) is 0 Å². The number of nitrogens with zero attached hydrogens (tertiary/aromatic N) is 2. The molecule has 0 fully saturated rings. The van der Waals surface area contributed by atoms with Gasteiger partial charge in [0.15, 0.2) is 0 Å². The molecule has 0 heterocycles. The Morgan fingerprint density at radius 2 is 1.78 bits per heavy atom. The second-order valence-corrected chi connectivity index (χ2v) is 10.5. The number of carbonyl (C=O) groups excluding carboxylic acids is 2. The molecule has 174 valence electrons. The van der Waals surface area contributed by atoms with Crippen molar-refractivity contribution in [2.45, 2.75) is 39.3 Å². The fourth-order valence-corrected chi connectivity index (χ4v) is 4.59. The summed E-state index contributed by atoms with van der Waals surface area (Å²) >= 11 is 3.39. The number of sulfonamides is 1. The van der Waals surface area contributed by atoms with Gasteiger partial charge in [0.05, 0.1) is 11.9 Å². The summed E-state index contributed by atoms with van der Waals surface area (Å²) in [5, 5.41) is 2.59. The van der Waals surface area contributed by atoms with Gasteiger partial charge in [0.2, 0.25) is 21.8 Å². The van der Waals surface area contributed by atoms with Crippen LogP contribution in [0.1, 0.15) is 30.9 Å². The number of hydrogen-bond donors (Lipinski definition) is 1. The number of rotatable bonds is 10. The topological polar surface area (TPSA) is 86.8 Å². The van der Waals surface area contributed by atoms with E-state index in [1.54, 1.807) is 25.1 Å². The van der Waals surface area contributed by atoms with Crippen LogP contribution in [0.15, 0.2) is 53.0 Å². The third kappa shape index (κ3) is 7.34. The van der Waals surface area contributed by atoms with Gasteiger partial charge < -0.3 is 10.2 Å². The first-order valence-electron chi connectivity index (χ1n) is 10.3. The average molecular weight is 524 g/mol. The highest BCUT2D eigenvalue weighted by molar-refractivity contribution is 9.10. The fourth-order valence-electron chi connectivity index (χ4n) is 3.37. The highest BCUT2D eigenvalue weighted by atomic mass is 79.9. The summed E-state index contributed by atoms with van der Waals surface area (Å²) in [6.07, 6.45) is 1.61. The predicted octanol–water partition coefficient (Wildman–Crippen LogP) is 3.47. The van der Waals surface area contributed by atoms with Crippen LogP contribution in [-0.2, 0) is 26.2 Å². The second-order valence-electron chi connectivity index (χ2n) is 7.72. The lowest BCUT2D eigenvalue weighted by Gasteiger charge is -2.29. The van der Waals surface area contributed by atoms with Crippen LogP contribution in [0.2, 0.25) is 0 Å². The summed E-state index contributed by atoms with van der Waals surface area (Å²) in [7, 11) is -1.96. The lowest BCUT2D eigenvalue weighted by Crippen LogP contribution is -2.46. The minimum atomic E-state index is -3.50. The molecule has 0 spiro atoms. The van der Waals surface area contributed by atoms with Gasteiger partial charge in [-0.25, -0.2) is 8.42 Å². The van der Waals surface area contributed by atoms with Gasteiger partial charge in [0.25, 0.3) is 0 Å². The zero-order valence-corrected chi connectivity index (χ0v) is 21.2. The van der Waals surface area contributed by atoms with Gasteiger partial charge in [-0.1, -0.05) is 40.2 Å². The van der Waals surface area contributed by atoms with Crippen molar-refractivity contribution >= 4 is 43.5 Å². The lowest BCUT2D eigenvalue weighted by atomic mass is 10.1. The van der Waals surface area contributed by atoms with Crippen LogP contribution < -0.4 is 9.62 Å². The van der Waals surface area contributed by atoms with E-state index >= 15 is 0 Å². The molecular weight excluding hydrogens is 494 g/mol. The molecule has 0 bridgehead atoms. The molecule has 0 aliphatic rings. The Balaban J connectivity index is 2.13. The summed E-state index contributed by atoms with van der Waals surface area (Å²) in [5.41, 5.74) is 2.42. The van der Waals surface area contributed by atoms with Crippen LogP contribution in [0.25, 0.3) is 0 Å². The van der Waals surface area contributed by atoms with Gasteiger partial charge in [-0.05, 0) is 55.7 Å². The van der Waals surface area contributed by atoms with E-state index in [-0.39, 0.29) is 31.3 Å². The van der Waals surface area contributed by atoms with Gasteiger partial charge >= 0.3 is 0 Å². The van der Waals surface area contributed by atoms with E-state index in [1.165, 1.54) is 16.3 Å². The van der Waals surface area contributed by atoms with E-state index in [0.717, 1.165) is 21.9 Å². The molecule has 2 amide bonds. The summed E-state index contributed by atoms with van der Waals surface area (Å²) in [6.45, 7) is 4.04. The zero-order chi connectivity index (χ0) is 23.9. The van der Waals surface area contributed by atoms with E-state index in [0.29, 0.717) is 12.1 Å². The number of halogens is 1. The quantitative estimate of drug-likeness (QED) is 0.516. The third-order valence-corrected chi connectivity index (χ3v) is 6.84. The van der Waals surface area contributed by atoms with Gasteiger partial charge in [-0.3, -0.25) is 13.9 Å². The Labute approximate surface area is 199 Å². The fraction of sp³-hybridized carbons (Fsp3) is 0.391. The third-order valence-electron chi connectivity index (χ3n) is 5.12. The molecule has 0 radical (unpaired) electrons. The number of likely N-dealkylation sites (N-methyl/N-ethyl adjacent to an activating group) is 1. The monoisotopic (exact) mass is 523 g/mol. The molecule has 2 rings (SSSR count). The van der Waals surface area contributed by atoms with E-state index in [2.05, 4.69) is 21.2 Å². The molecule has 2 aromatic carbocycles. The maximum atomic E-state index is 13.1. The van der Waals surface area contributed by atoms with Crippen molar-refractivity contribution in [1.82, 2.24) is 10.2 Å². The Morgan fingerprint density at radius 3 is 2.34 bits per heavy atom. The van der Waals surface area contributed by atoms with E-state index in [1.807, 2.05) is 37.3 Å². The average Bonchev–Trinajstić information content (AvgIpc) is 2.74. The van der Waals surface area contributed by atoms with Gasteiger partial charge in [-0.2, -0.15) is 0 Å². The van der Waals surface area contributed by atoms with Crippen molar-refractivity contribution in [3.8, 4) is 0 Å². The molecule has 0 aliphatic carbocycles. The molecule has 7 nitrogen and oxygen atoms in total. The second kappa shape index (κ2) is 11.5. The Hall–Kier alpha value is -2.39. The Kier molecular flexibility index (Phi) is 9.27. The lowest BCUT2D eigenvalue weighted by molar-refractivity contribution is -0.140. The largest absolute Gasteiger partial charge is 0.357 e. The number of nitrogens with one attached hydrogen (secondary N) is 1. The van der Waals surface area contributed by atoms with Crippen molar-refractivity contribution in [3.05, 3.63) is 64.1 Å². The summed E-state index contributed by atoms with van der Waals surface area (Å²) in [5.74, 6) is -0.463. The molecule has 0 unspecified atom stereocenters. The van der Waals surface area contributed by atoms with Crippen molar-refractivity contribution in [3.63, 3.8) is 0 Å². The number of carbonyl (C=O) groups is 2. The summed E-state index contributed by atoms with van der Waals surface area (Å²) < 4.78 is 26.9. The van der Waals surface area contributed by atoms with Crippen LogP contribution in [0.3, 0.4) is 0 Å². The smallest absolute Gasteiger partial charge is 0.242 e. The predicted molar refractivity (Wildman–Crippen MR) is 131 cm³/mol. The van der Waals surface area contributed by atoms with Gasteiger partial charge in [0.1, 0.15) is 6.04 Å². The first kappa shape index (κ1) is 25.9. The molecule has 1 atom stereocenters. The van der Waals surface area contributed by atoms with Crippen molar-refractivity contribution in [2.24, 2.45) is 0 Å². The summed E-state index contributed by atoms with van der Waals surface area (Å²) in [4.78, 5) is 26.8. The van der Waals surface area contributed by atoms with Gasteiger partial charge in [-0.15, -0.1) is 0 Å². The molecule has 9 heteroatoms.